The van der Waals surface area contributed by atoms with Gasteiger partial charge in [-0.1, -0.05) is 29.8 Å². The van der Waals surface area contributed by atoms with Crippen molar-refractivity contribution in [2.75, 3.05) is 25.1 Å². The lowest BCUT2D eigenvalue weighted by atomic mass is 10.1. The van der Waals surface area contributed by atoms with E-state index in [4.69, 9.17) is 4.74 Å². The van der Waals surface area contributed by atoms with Crippen molar-refractivity contribution in [3.8, 4) is 5.75 Å². The van der Waals surface area contributed by atoms with E-state index < -0.39 is 0 Å². The average Bonchev–Trinajstić information content (AvgIpc) is 2.97. The lowest BCUT2D eigenvalue weighted by molar-refractivity contribution is 0.415. The predicted octanol–water partition coefficient (Wildman–Crippen LogP) is 3.11. The number of aryl methyl sites for hydroxylation is 1. The summed E-state index contributed by atoms with van der Waals surface area (Å²) >= 11 is 0. The van der Waals surface area contributed by atoms with E-state index in [-0.39, 0.29) is 6.17 Å². The summed E-state index contributed by atoms with van der Waals surface area (Å²) in [5, 5.41) is 3.56. The van der Waals surface area contributed by atoms with Crippen molar-refractivity contribution in [3.05, 3.63) is 59.7 Å². The van der Waals surface area contributed by atoms with Gasteiger partial charge in [0, 0.05) is 18.8 Å². The molecule has 2 aromatic rings. The highest BCUT2D eigenvalue weighted by molar-refractivity contribution is 5.52. The Kier molecular flexibility index (Phi) is 3.61. The molecule has 0 saturated carbocycles. The van der Waals surface area contributed by atoms with Crippen LogP contribution in [-0.4, -0.2) is 20.2 Å². The van der Waals surface area contributed by atoms with E-state index in [2.05, 4.69) is 53.5 Å². The van der Waals surface area contributed by atoms with Crippen molar-refractivity contribution in [1.29, 1.82) is 0 Å². The largest absolute Gasteiger partial charge is 0.497 e. The van der Waals surface area contributed by atoms with E-state index in [9.17, 15) is 0 Å². The molecule has 1 atom stereocenters. The Balaban J connectivity index is 1.86. The van der Waals surface area contributed by atoms with Crippen LogP contribution < -0.4 is 15.0 Å². The molecule has 0 radical (unpaired) electrons. The van der Waals surface area contributed by atoms with Crippen LogP contribution in [0.4, 0.5) is 5.69 Å². The van der Waals surface area contributed by atoms with E-state index in [1.807, 2.05) is 12.1 Å². The van der Waals surface area contributed by atoms with Gasteiger partial charge >= 0.3 is 0 Å². The highest BCUT2D eigenvalue weighted by Crippen LogP contribution is 2.29. The third-order valence-electron chi connectivity index (χ3n) is 3.80. The lowest BCUT2D eigenvalue weighted by Gasteiger charge is -2.27. The lowest BCUT2D eigenvalue weighted by Crippen LogP contribution is -2.27. The second kappa shape index (κ2) is 5.55. The van der Waals surface area contributed by atoms with Crippen LogP contribution in [0.2, 0.25) is 0 Å². The summed E-state index contributed by atoms with van der Waals surface area (Å²) in [5.74, 6) is 0.896. The second-order valence-electron chi connectivity index (χ2n) is 5.16. The summed E-state index contributed by atoms with van der Waals surface area (Å²) in [6, 6.07) is 17.0. The van der Waals surface area contributed by atoms with Crippen LogP contribution in [0.15, 0.2) is 48.5 Å². The molecule has 3 nitrogen and oxygen atoms in total. The van der Waals surface area contributed by atoms with E-state index in [1.165, 1.54) is 16.8 Å². The van der Waals surface area contributed by atoms with Crippen LogP contribution in [0.25, 0.3) is 0 Å². The molecule has 1 fully saturated rings. The van der Waals surface area contributed by atoms with Crippen molar-refractivity contribution in [2.45, 2.75) is 13.1 Å². The summed E-state index contributed by atoms with van der Waals surface area (Å²) in [6.07, 6.45) is 0.254. The number of ether oxygens (including phenoxy) is 1. The van der Waals surface area contributed by atoms with Gasteiger partial charge in [-0.15, -0.1) is 0 Å². The Labute approximate surface area is 120 Å². The Morgan fingerprint density at radius 3 is 2.40 bits per heavy atom. The minimum Gasteiger partial charge on any atom is -0.497 e. The second-order valence-corrected chi connectivity index (χ2v) is 5.16. The van der Waals surface area contributed by atoms with Crippen LogP contribution in [0.1, 0.15) is 17.3 Å². The highest BCUT2D eigenvalue weighted by Gasteiger charge is 2.25. The summed E-state index contributed by atoms with van der Waals surface area (Å²) in [6.45, 7) is 4.14. The molecule has 104 valence electrons. The molecular weight excluding hydrogens is 248 g/mol. The van der Waals surface area contributed by atoms with Crippen molar-refractivity contribution in [3.63, 3.8) is 0 Å². The van der Waals surface area contributed by atoms with Crippen LogP contribution in [-0.2, 0) is 0 Å². The number of nitrogens with zero attached hydrogens (tertiary/aromatic N) is 1. The molecule has 20 heavy (non-hydrogen) atoms. The normalized spacial score (nSPS) is 18.3. The van der Waals surface area contributed by atoms with E-state index in [0.29, 0.717) is 0 Å². The molecule has 0 aromatic heterocycles. The number of methoxy groups -OCH3 is 1. The van der Waals surface area contributed by atoms with Crippen LogP contribution >= 0.6 is 0 Å². The fourth-order valence-electron chi connectivity index (χ4n) is 2.66. The summed E-state index contributed by atoms with van der Waals surface area (Å²) in [7, 11) is 1.70. The molecule has 3 rings (SSSR count). The Morgan fingerprint density at radius 2 is 1.75 bits per heavy atom. The van der Waals surface area contributed by atoms with E-state index >= 15 is 0 Å². The number of hydrogen-bond donors (Lipinski definition) is 1. The fraction of sp³-hybridized carbons (Fsp3) is 0.294. The number of benzene rings is 2. The van der Waals surface area contributed by atoms with Crippen molar-refractivity contribution >= 4 is 5.69 Å². The number of rotatable bonds is 3. The van der Waals surface area contributed by atoms with Gasteiger partial charge in [0.05, 0.1) is 7.11 Å². The molecule has 0 bridgehead atoms. The zero-order chi connectivity index (χ0) is 13.9. The maximum absolute atomic E-state index is 5.22. The zero-order valence-corrected chi connectivity index (χ0v) is 12.0. The molecule has 1 saturated heterocycles. The number of anilines is 1. The van der Waals surface area contributed by atoms with Gasteiger partial charge in [-0.05, 0) is 36.8 Å². The molecule has 1 heterocycles. The number of hydrogen-bond acceptors (Lipinski definition) is 3. The first-order valence-corrected chi connectivity index (χ1v) is 6.98. The zero-order valence-electron chi connectivity index (χ0n) is 12.0. The molecule has 1 aliphatic heterocycles. The third-order valence-corrected chi connectivity index (χ3v) is 3.80. The third kappa shape index (κ3) is 2.49. The first-order valence-electron chi connectivity index (χ1n) is 6.98. The van der Waals surface area contributed by atoms with Crippen LogP contribution in [0.3, 0.4) is 0 Å². The summed E-state index contributed by atoms with van der Waals surface area (Å²) in [5.41, 5.74) is 3.83. The van der Waals surface area contributed by atoms with E-state index in [1.54, 1.807) is 7.11 Å². The molecule has 0 spiro atoms. The maximum Gasteiger partial charge on any atom is 0.119 e. The fourth-order valence-corrected chi connectivity index (χ4v) is 2.66. The molecular formula is C17H20N2O. The van der Waals surface area contributed by atoms with E-state index in [0.717, 1.165) is 18.8 Å². The summed E-state index contributed by atoms with van der Waals surface area (Å²) < 4.78 is 5.22. The van der Waals surface area contributed by atoms with Crippen molar-refractivity contribution < 1.29 is 4.74 Å². The molecule has 1 unspecified atom stereocenters. The summed E-state index contributed by atoms with van der Waals surface area (Å²) in [4.78, 5) is 2.39. The van der Waals surface area contributed by atoms with Gasteiger partial charge in [0.15, 0.2) is 0 Å². The Hall–Kier alpha value is -2.00. The molecule has 3 heteroatoms. The topological polar surface area (TPSA) is 24.5 Å². The monoisotopic (exact) mass is 268 g/mol. The van der Waals surface area contributed by atoms with Crippen molar-refractivity contribution in [1.82, 2.24) is 5.32 Å². The Morgan fingerprint density at radius 1 is 1.05 bits per heavy atom. The average molecular weight is 268 g/mol. The van der Waals surface area contributed by atoms with Gasteiger partial charge in [0.2, 0.25) is 0 Å². The SMILES string of the molecule is COc1ccc(N2CCNC2c2ccc(C)cc2)cc1. The quantitative estimate of drug-likeness (QED) is 0.925. The molecule has 2 aromatic carbocycles. The molecule has 1 aliphatic rings. The predicted molar refractivity (Wildman–Crippen MR) is 82.3 cm³/mol. The number of nitrogens with one attached hydrogen (secondary N) is 1. The van der Waals surface area contributed by atoms with Gasteiger partial charge < -0.3 is 9.64 Å². The maximum atomic E-state index is 5.22. The minimum absolute atomic E-state index is 0.254. The van der Waals surface area contributed by atoms with Crippen molar-refractivity contribution in [2.24, 2.45) is 0 Å². The van der Waals surface area contributed by atoms with Gasteiger partial charge in [-0.25, -0.2) is 0 Å². The van der Waals surface area contributed by atoms with Crippen LogP contribution in [0, 0.1) is 6.92 Å². The standard InChI is InChI=1S/C17H20N2O/c1-13-3-5-14(6-4-13)17-18-11-12-19(17)15-7-9-16(20-2)10-8-15/h3-10,17-18H,11-12H2,1-2H3. The van der Waals surface area contributed by atoms with Gasteiger partial charge in [0.25, 0.3) is 0 Å². The first kappa shape index (κ1) is 13.0. The molecule has 0 amide bonds. The van der Waals surface area contributed by atoms with Crippen LogP contribution in [0.5, 0.6) is 5.75 Å². The van der Waals surface area contributed by atoms with Gasteiger partial charge in [-0.2, -0.15) is 0 Å². The first-order chi connectivity index (χ1) is 9.78. The smallest absolute Gasteiger partial charge is 0.119 e. The van der Waals surface area contributed by atoms with Gasteiger partial charge in [0.1, 0.15) is 11.9 Å². The molecule has 1 N–H and O–H groups in total. The van der Waals surface area contributed by atoms with Gasteiger partial charge in [-0.3, -0.25) is 5.32 Å². The molecule has 0 aliphatic carbocycles. The Bertz CT molecular complexity index is 563. The highest BCUT2D eigenvalue weighted by atomic mass is 16.5. The minimum atomic E-state index is 0.254.